The summed E-state index contributed by atoms with van der Waals surface area (Å²) < 4.78 is 26.1. The van der Waals surface area contributed by atoms with Gasteiger partial charge in [0.05, 0.1) is 0 Å². The molecular formula is C14H16N2O3S. The number of nitrogens with one attached hydrogen (secondary N) is 1. The number of hydrogen-bond acceptors (Lipinski definition) is 3. The molecule has 0 spiro atoms. The van der Waals surface area contributed by atoms with Crippen LogP contribution in [0.4, 0.5) is 0 Å². The average molecular weight is 292 g/mol. The van der Waals surface area contributed by atoms with Gasteiger partial charge in [-0.1, -0.05) is 30.3 Å². The lowest BCUT2D eigenvalue weighted by molar-refractivity contribution is 0.398. The first-order valence-corrected chi connectivity index (χ1v) is 7.58. The molecule has 1 aromatic heterocycles. The minimum absolute atomic E-state index is 0.245. The molecule has 5 nitrogen and oxygen atoms in total. The van der Waals surface area contributed by atoms with E-state index >= 15 is 0 Å². The number of aromatic amines is 1. The summed E-state index contributed by atoms with van der Waals surface area (Å²) in [5.41, 5.74) is 0.349. The van der Waals surface area contributed by atoms with E-state index in [4.69, 9.17) is 0 Å². The predicted molar refractivity (Wildman–Crippen MR) is 76.9 cm³/mol. The Morgan fingerprint density at radius 3 is 2.40 bits per heavy atom. The summed E-state index contributed by atoms with van der Waals surface area (Å²) in [6.45, 7) is 1.78. The van der Waals surface area contributed by atoms with Crippen LogP contribution in [0.5, 0.6) is 0 Å². The molecule has 0 saturated carbocycles. The number of benzene rings is 1. The van der Waals surface area contributed by atoms with Crippen LogP contribution in [0.2, 0.25) is 0 Å². The number of sulfonamides is 1. The molecule has 6 heteroatoms. The average Bonchev–Trinajstić information content (AvgIpc) is 2.47. The predicted octanol–water partition coefficient (Wildman–Crippen LogP) is 1.76. The van der Waals surface area contributed by atoms with Crippen molar-refractivity contribution < 1.29 is 8.42 Å². The number of hydrogen-bond donors (Lipinski definition) is 1. The topological polar surface area (TPSA) is 70.2 Å². The maximum atomic E-state index is 12.5. The van der Waals surface area contributed by atoms with Crippen molar-refractivity contribution >= 4 is 10.0 Å². The van der Waals surface area contributed by atoms with Crippen LogP contribution < -0.4 is 5.43 Å². The smallest absolute Gasteiger partial charge is 0.248 e. The zero-order valence-corrected chi connectivity index (χ0v) is 12.1. The highest BCUT2D eigenvalue weighted by atomic mass is 32.2. The molecule has 1 atom stereocenters. The summed E-state index contributed by atoms with van der Waals surface area (Å²) in [5.74, 6) is 0. The summed E-state index contributed by atoms with van der Waals surface area (Å²) in [7, 11) is -2.36. The second kappa shape index (κ2) is 5.60. The van der Waals surface area contributed by atoms with Crippen molar-refractivity contribution in [2.45, 2.75) is 17.9 Å². The lowest BCUT2D eigenvalue weighted by Gasteiger charge is -2.24. The van der Waals surface area contributed by atoms with Gasteiger partial charge in [0.2, 0.25) is 15.5 Å². The second-order valence-electron chi connectivity index (χ2n) is 4.48. The van der Waals surface area contributed by atoms with Crippen LogP contribution in [0.1, 0.15) is 18.5 Å². The molecule has 1 heterocycles. The molecule has 0 bridgehead atoms. The van der Waals surface area contributed by atoms with E-state index in [1.807, 2.05) is 30.3 Å². The Kier molecular flexibility index (Phi) is 4.06. The molecule has 0 aliphatic carbocycles. The first kappa shape index (κ1) is 14.5. The SMILES string of the molecule is CC(c1ccccc1)N(C)S(=O)(=O)c1c[nH]ccc1=O. The molecule has 2 aromatic rings. The largest absolute Gasteiger partial charge is 0.366 e. The van der Waals surface area contributed by atoms with Crippen molar-refractivity contribution in [1.82, 2.24) is 9.29 Å². The molecule has 1 unspecified atom stereocenters. The number of aromatic nitrogens is 1. The van der Waals surface area contributed by atoms with E-state index in [0.717, 1.165) is 5.56 Å². The molecule has 1 N–H and O–H groups in total. The van der Waals surface area contributed by atoms with Crippen molar-refractivity contribution in [3.05, 3.63) is 64.6 Å². The highest BCUT2D eigenvalue weighted by molar-refractivity contribution is 7.89. The molecule has 0 aliphatic rings. The Labute approximate surface area is 117 Å². The Balaban J connectivity index is 2.40. The molecule has 20 heavy (non-hydrogen) atoms. The van der Waals surface area contributed by atoms with Crippen LogP contribution in [0, 0.1) is 0 Å². The van der Waals surface area contributed by atoms with Crippen molar-refractivity contribution in [1.29, 1.82) is 0 Å². The summed E-state index contributed by atoms with van der Waals surface area (Å²) >= 11 is 0. The first-order valence-electron chi connectivity index (χ1n) is 6.14. The van der Waals surface area contributed by atoms with Gasteiger partial charge in [0.1, 0.15) is 4.90 Å². The van der Waals surface area contributed by atoms with Gasteiger partial charge in [-0.3, -0.25) is 4.79 Å². The molecule has 2 rings (SSSR count). The van der Waals surface area contributed by atoms with E-state index in [1.165, 1.54) is 29.8 Å². The van der Waals surface area contributed by atoms with Crippen LogP contribution in [0.15, 0.2) is 58.5 Å². The Bertz CT molecular complexity index is 738. The van der Waals surface area contributed by atoms with Gasteiger partial charge in [0, 0.05) is 31.5 Å². The Hall–Kier alpha value is -1.92. The van der Waals surface area contributed by atoms with Gasteiger partial charge in [-0.15, -0.1) is 0 Å². The highest BCUT2D eigenvalue weighted by Gasteiger charge is 2.28. The molecule has 0 radical (unpaired) electrons. The second-order valence-corrected chi connectivity index (χ2v) is 6.45. The van der Waals surface area contributed by atoms with E-state index in [9.17, 15) is 13.2 Å². The van der Waals surface area contributed by atoms with Crippen LogP contribution in [0.25, 0.3) is 0 Å². The van der Waals surface area contributed by atoms with Gasteiger partial charge in [-0.05, 0) is 12.5 Å². The van der Waals surface area contributed by atoms with Crippen LogP contribution >= 0.6 is 0 Å². The minimum Gasteiger partial charge on any atom is -0.366 e. The van der Waals surface area contributed by atoms with Gasteiger partial charge < -0.3 is 4.98 Å². The van der Waals surface area contributed by atoms with Crippen molar-refractivity contribution in [2.24, 2.45) is 0 Å². The van der Waals surface area contributed by atoms with E-state index < -0.39 is 15.5 Å². The number of H-pyrrole nitrogens is 1. The number of rotatable bonds is 4. The zero-order valence-electron chi connectivity index (χ0n) is 11.3. The van der Waals surface area contributed by atoms with Crippen molar-refractivity contribution in [3.63, 3.8) is 0 Å². The highest BCUT2D eigenvalue weighted by Crippen LogP contribution is 2.23. The van der Waals surface area contributed by atoms with E-state index in [0.29, 0.717) is 0 Å². The van der Waals surface area contributed by atoms with Gasteiger partial charge in [-0.2, -0.15) is 4.31 Å². The quantitative estimate of drug-likeness (QED) is 0.933. The number of nitrogens with zero attached hydrogens (tertiary/aromatic N) is 1. The lowest BCUT2D eigenvalue weighted by Crippen LogP contribution is -2.32. The third kappa shape index (κ3) is 2.66. The summed E-state index contributed by atoms with van der Waals surface area (Å²) in [6, 6.07) is 10.1. The van der Waals surface area contributed by atoms with Gasteiger partial charge in [0.15, 0.2) is 0 Å². The summed E-state index contributed by atoms with van der Waals surface area (Å²) in [4.78, 5) is 14.1. The minimum atomic E-state index is -3.83. The first-order chi connectivity index (χ1) is 9.44. The molecule has 0 fully saturated rings. The molecule has 0 amide bonds. The van der Waals surface area contributed by atoms with E-state index in [2.05, 4.69) is 4.98 Å². The number of pyridine rings is 1. The van der Waals surface area contributed by atoms with Crippen molar-refractivity contribution in [3.8, 4) is 0 Å². The Morgan fingerprint density at radius 1 is 1.15 bits per heavy atom. The van der Waals surface area contributed by atoms with Gasteiger partial charge >= 0.3 is 0 Å². The molecule has 0 saturated heterocycles. The molecule has 106 valence electrons. The third-order valence-electron chi connectivity index (χ3n) is 3.27. The van der Waals surface area contributed by atoms with Crippen LogP contribution in [-0.4, -0.2) is 24.8 Å². The fourth-order valence-corrected chi connectivity index (χ4v) is 3.29. The summed E-state index contributed by atoms with van der Waals surface area (Å²) in [6.07, 6.45) is 2.62. The van der Waals surface area contributed by atoms with Crippen molar-refractivity contribution in [2.75, 3.05) is 7.05 Å². The fraction of sp³-hybridized carbons (Fsp3) is 0.214. The van der Waals surface area contributed by atoms with Gasteiger partial charge in [-0.25, -0.2) is 8.42 Å². The standard InChI is InChI=1S/C14H16N2O3S/c1-11(12-6-4-3-5-7-12)16(2)20(18,19)14-10-15-9-8-13(14)17/h3-11H,1-2H3,(H,15,17). The summed E-state index contributed by atoms with van der Waals surface area (Å²) in [5, 5.41) is 0. The third-order valence-corrected chi connectivity index (χ3v) is 5.22. The lowest BCUT2D eigenvalue weighted by atomic mass is 10.1. The van der Waals surface area contributed by atoms with Crippen LogP contribution in [-0.2, 0) is 10.0 Å². The maximum absolute atomic E-state index is 12.5. The molecule has 1 aromatic carbocycles. The van der Waals surface area contributed by atoms with Gasteiger partial charge in [0.25, 0.3) is 0 Å². The van der Waals surface area contributed by atoms with E-state index in [-0.39, 0.29) is 10.9 Å². The zero-order chi connectivity index (χ0) is 14.8. The Morgan fingerprint density at radius 2 is 1.80 bits per heavy atom. The fourth-order valence-electron chi connectivity index (χ4n) is 1.91. The van der Waals surface area contributed by atoms with Crippen LogP contribution in [0.3, 0.4) is 0 Å². The monoisotopic (exact) mass is 292 g/mol. The van der Waals surface area contributed by atoms with E-state index in [1.54, 1.807) is 6.92 Å². The normalized spacial score (nSPS) is 13.3. The molecular weight excluding hydrogens is 276 g/mol. The maximum Gasteiger partial charge on any atom is 0.248 e. The molecule has 0 aliphatic heterocycles.